The lowest BCUT2D eigenvalue weighted by molar-refractivity contribution is 0.102. The minimum absolute atomic E-state index is 0.241. The molecule has 4 rings (SSSR count). The molecule has 0 radical (unpaired) electrons. The van der Waals surface area contributed by atoms with Crippen molar-refractivity contribution in [1.29, 1.82) is 0 Å². The molecule has 0 spiro atoms. The van der Waals surface area contributed by atoms with E-state index >= 15 is 0 Å². The third kappa shape index (κ3) is 8.13. The van der Waals surface area contributed by atoms with Crippen molar-refractivity contribution in [2.75, 3.05) is 38.2 Å². The minimum Gasteiger partial charge on any atom is -0.396 e. The largest absolute Gasteiger partial charge is 0.396 e. The Bertz CT molecular complexity index is 1350. The summed E-state index contributed by atoms with van der Waals surface area (Å²) in [6, 6.07) is 21.6. The van der Waals surface area contributed by atoms with Crippen molar-refractivity contribution in [3.05, 3.63) is 101 Å². The number of rotatable bonds is 11. The molecule has 2 heterocycles. The maximum atomic E-state index is 12.8. The molecule has 0 aliphatic rings. The van der Waals surface area contributed by atoms with Crippen molar-refractivity contribution in [3.63, 3.8) is 0 Å². The normalized spacial score (nSPS) is 11.7. The number of nitrogen functional groups attached to an aromatic ring is 1. The SMILES string of the molecule is CN(C)CCC(NC(=O)NCCc1ccc(-c2ccccc2)cc1)c1ccc(C(=O)Nc2cscc2N)nc1. The molecular weight excluding hydrogens is 508 g/mol. The van der Waals surface area contributed by atoms with Gasteiger partial charge in [-0.15, -0.1) is 11.3 Å². The van der Waals surface area contributed by atoms with Crippen molar-refractivity contribution in [2.45, 2.75) is 18.9 Å². The fraction of sp³-hybridized carbons (Fsp3) is 0.233. The summed E-state index contributed by atoms with van der Waals surface area (Å²) in [6.45, 7) is 1.29. The highest BCUT2D eigenvalue weighted by atomic mass is 32.1. The van der Waals surface area contributed by atoms with Crippen molar-refractivity contribution in [2.24, 2.45) is 0 Å². The average molecular weight is 543 g/mol. The Hall–Kier alpha value is -4.21. The van der Waals surface area contributed by atoms with E-state index in [-0.39, 0.29) is 23.7 Å². The molecule has 0 fully saturated rings. The number of thiophene rings is 1. The van der Waals surface area contributed by atoms with Crippen molar-refractivity contribution in [3.8, 4) is 11.1 Å². The van der Waals surface area contributed by atoms with Crippen LogP contribution in [0.2, 0.25) is 0 Å². The summed E-state index contributed by atoms with van der Waals surface area (Å²) in [5.41, 5.74) is 11.6. The van der Waals surface area contributed by atoms with Crippen LogP contribution in [-0.4, -0.2) is 49.0 Å². The second-order valence-electron chi connectivity index (χ2n) is 9.53. The van der Waals surface area contributed by atoms with Crippen LogP contribution in [0.5, 0.6) is 0 Å². The van der Waals surface area contributed by atoms with Crippen LogP contribution in [0.1, 0.15) is 34.1 Å². The zero-order chi connectivity index (χ0) is 27.6. The van der Waals surface area contributed by atoms with E-state index in [1.54, 1.807) is 23.0 Å². The van der Waals surface area contributed by atoms with Gasteiger partial charge in [0.25, 0.3) is 5.91 Å². The number of urea groups is 1. The molecule has 2 aromatic heterocycles. The van der Waals surface area contributed by atoms with Crippen LogP contribution in [-0.2, 0) is 6.42 Å². The quantitative estimate of drug-likeness (QED) is 0.209. The molecule has 0 bridgehead atoms. The number of hydrogen-bond acceptors (Lipinski definition) is 6. The summed E-state index contributed by atoms with van der Waals surface area (Å²) in [6.07, 6.45) is 3.06. The summed E-state index contributed by atoms with van der Waals surface area (Å²) in [5.74, 6) is -0.334. The summed E-state index contributed by atoms with van der Waals surface area (Å²) in [4.78, 5) is 31.7. The molecule has 1 unspecified atom stereocenters. The van der Waals surface area contributed by atoms with E-state index in [1.807, 2.05) is 38.4 Å². The highest BCUT2D eigenvalue weighted by molar-refractivity contribution is 7.09. The zero-order valence-electron chi connectivity index (χ0n) is 22.2. The fourth-order valence-electron chi connectivity index (χ4n) is 4.07. The maximum absolute atomic E-state index is 12.8. The van der Waals surface area contributed by atoms with Crippen molar-refractivity contribution < 1.29 is 9.59 Å². The lowest BCUT2D eigenvalue weighted by Crippen LogP contribution is -2.39. The Morgan fingerprint density at radius 2 is 1.72 bits per heavy atom. The van der Waals surface area contributed by atoms with Crippen LogP contribution in [0.15, 0.2) is 83.7 Å². The van der Waals surface area contributed by atoms with Crippen LogP contribution < -0.4 is 21.7 Å². The van der Waals surface area contributed by atoms with Crippen LogP contribution in [0.25, 0.3) is 11.1 Å². The standard InChI is InChI=1S/C30H34N6O2S/c1-36(2)17-15-26(24-12-13-27(33-18-24)29(37)34-28-20-39-19-25(28)31)35-30(38)32-16-14-21-8-10-23(11-9-21)22-6-4-3-5-7-22/h3-13,18-20,26H,14-17,31H2,1-2H3,(H,34,37)(H2,32,35,38). The number of pyridine rings is 1. The summed E-state index contributed by atoms with van der Waals surface area (Å²) < 4.78 is 0. The Kier molecular flexibility index (Phi) is 9.66. The van der Waals surface area contributed by atoms with E-state index in [0.717, 1.165) is 24.1 Å². The zero-order valence-corrected chi connectivity index (χ0v) is 23.0. The number of nitrogens with one attached hydrogen (secondary N) is 3. The van der Waals surface area contributed by atoms with Crippen LogP contribution in [0, 0.1) is 0 Å². The van der Waals surface area contributed by atoms with Gasteiger partial charge in [-0.3, -0.25) is 9.78 Å². The molecule has 9 heteroatoms. The second-order valence-corrected chi connectivity index (χ2v) is 10.3. The van der Waals surface area contributed by atoms with Gasteiger partial charge in [0, 0.05) is 23.5 Å². The van der Waals surface area contributed by atoms with E-state index in [2.05, 4.69) is 62.2 Å². The first-order valence-corrected chi connectivity index (χ1v) is 13.8. The van der Waals surface area contributed by atoms with Crippen LogP contribution in [0.3, 0.4) is 0 Å². The van der Waals surface area contributed by atoms with Gasteiger partial charge in [0.05, 0.1) is 17.4 Å². The van der Waals surface area contributed by atoms with Gasteiger partial charge in [-0.05, 0) is 61.8 Å². The number of hydrogen-bond donors (Lipinski definition) is 4. The van der Waals surface area contributed by atoms with Gasteiger partial charge < -0.3 is 26.6 Å². The molecule has 0 aliphatic carbocycles. The number of benzene rings is 2. The highest BCUT2D eigenvalue weighted by Crippen LogP contribution is 2.24. The highest BCUT2D eigenvalue weighted by Gasteiger charge is 2.17. The molecule has 0 saturated heterocycles. The topological polar surface area (TPSA) is 112 Å². The van der Waals surface area contributed by atoms with Gasteiger partial charge in [0.2, 0.25) is 0 Å². The summed E-state index contributed by atoms with van der Waals surface area (Å²) >= 11 is 1.42. The predicted molar refractivity (Wildman–Crippen MR) is 159 cm³/mol. The second kappa shape index (κ2) is 13.5. The van der Waals surface area contributed by atoms with Crippen molar-refractivity contribution in [1.82, 2.24) is 20.5 Å². The summed E-state index contributed by atoms with van der Waals surface area (Å²) in [5, 5.41) is 12.3. The average Bonchev–Trinajstić information content (AvgIpc) is 3.35. The van der Waals surface area contributed by atoms with Gasteiger partial charge in [0.1, 0.15) is 5.69 Å². The molecule has 3 amide bonds. The number of carbonyl (C=O) groups excluding carboxylic acids is 2. The summed E-state index contributed by atoms with van der Waals surface area (Å²) in [7, 11) is 3.98. The van der Waals surface area contributed by atoms with E-state index in [0.29, 0.717) is 24.3 Å². The third-order valence-electron chi connectivity index (χ3n) is 6.29. The number of anilines is 2. The molecule has 2 aromatic carbocycles. The van der Waals surface area contributed by atoms with Gasteiger partial charge in [-0.2, -0.15) is 0 Å². The van der Waals surface area contributed by atoms with E-state index in [1.165, 1.54) is 22.5 Å². The third-order valence-corrected chi connectivity index (χ3v) is 7.05. The number of aromatic nitrogens is 1. The monoisotopic (exact) mass is 542 g/mol. The van der Waals surface area contributed by atoms with Gasteiger partial charge in [0.15, 0.2) is 0 Å². The van der Waals surface area contributed by atoms with E-state index < -0.39 is 0 Å². The molecule has 8 nitrogen and oxygen atoms in total. The molecule has 39 heavy (non-hydrogen) atoms. The molecule has 0 saturated carbocycles. The Morgan fingerprint density at radius 1 is 0.974 bits per heavy atom. The van der Waals surface area contributed by atoms with Crippen LogP contribution in [0.4, 0.5) is 16.2 Å². The number of amides is 3. The minimum atomic E-state index is -0.334. The molecule has 202 valence electrons. The lowest BCUT2D eigenvalue weighted by atomic mass is 10.0. The Balaban J connectivity index is 1.31. The van der Waals surface area contributed by atoms with Gasteiger partial charge in [-0.25, -0.2) is 4.79 Å². The number of carbonyl (C=O) groups is 2. The molecular formula is C30H34N6O2S. The van der Waals surface area contributed by atoms with Gasteiger partial charge in [-0.1, -0.05) is 60.7 Å². The Labute approximate surface area is 233 Å². The Morgan fingerprint density at radius 3 is 2.36 bits per heavy atom. The maximum Gasteiger partial charge on any atom is 0.315 e. The molecule has 0 aliphatic heterocycles. The number of nitrogens with zero attached hydrogens (tertiary/aromatic N) is 2. The fourth-order valence-corrected chi connectivity index (χ4v) is 4.75. The van der Waals surface area contributed by atoms with Crippen molar-refractivity contribution >= 4 is 34.6 Å². The molecule has 5 N–H and O–H groups in total. The van der Waals surface area contributed by atoms with E-state index in [4.69, 9.17) is 5.73 Å². The molecule has 4 aromatic rings. The smallest absolute Gasteiger partial charge is 0.315 e. The van der Waals surface area contributed by atoms with E-state index in [9.17, 15) is 9.59 Å². The first-order valence-electron chi connectivity index (χ1n) is 12.8. The van der Waals surface area contributed by atoms with Crippen LogP contribution >= 0.6 is 11.3 Å². The lowest BCUT2D eigenvalue weighted by Gasteiger charge is -2.21. The van der Waals surface area contributed by atoms with Gasteiger partial charge >= 0.3 is 6.03 Å². The first-order chi connectivity index (χ1) is 18.9. The molecule has 1 atom stereocenters. The first kappa shape index (κ1) is 27.8. The number of nitrogens with two attached hydrogens (primary N) is 1. The predicted octanol–water partition coefficient (Wildman–Crippen LogP) is 5.18.